The van der Waals surface area contributed by atoms with Crippen molar-refractivity contribution in [3.8, 4) is 0 Å². The Labute approximate surface area is 105 Å². The van der Waals surface area contributed by atoms with Gasteiger partial charge in [0, 0.05) is 30.6 Å². The van der Waals surface area contributed by atoms with Crippen LogP contribution in [0.5, 0.6) is 0 Å². The summed E-state index contributed by atoms with van der Waals surface area (Å²) in [5, 5.41) is 10.2. The summed E-state index contributed by atoms with van der Waals surface area (Å²) >= 11 is 0. The first-order chi connectivity index (χ1) is 8.67. The van der Waals surface area contributed by atoms with Crippen molar-refractivity contribution >= 4 is 16.9 Å². The van der Waals surface area contributed by atoms with Gasteiger partial charge in [0.05, 0.1) is 18.9 Å². The van der Waals surface area contributed by atoms with E-state index in [4.69, 9.17) is 5.11 Å². The third kappa shape index (κ3) is 2.09. The predicted molar refractivity (Wildman–Crippen MR) is 69.4 cm³/mol. The fourth-order valence-electron chi connectivity index (χ4n) is 2.07. The average Bonchev–Trinajstić information content (AvgIpc) is 2.72. The molecule has 2 rings (SSSR count). The van der Waals surface area contributed by atoms with E-state index < -0.39 is 5.97 Å². The lowest BCUT2D eigenvalue weighted by molar-refractivity contribution is -0.136. The van der Waals surface area contributed by atoms with Crippen LogP contribution in [0.4, 0.5) is 0 Å². The maximum Gasteiger partial charge on any atom is 0.337 e. The van der Waals surface area contributed by atoms with Crippen LogP contribution in [0.2, 0.25) is 0 Å². The number of rotatable bonds is 3. The van der Waals surface area contributed by atoms with Gasteiger partial charge in [-0.2, -0.15) is 0 Å². The van der Waals surface area contributed by atoms with Crippen LogP contribution < -0.4 is 0 Å². The molecule has 0 aliphatic carbocycles. The standard InChI is InChI=1S/C14H15NO3/c1-15-8-10(7-11(9-16)14(17)18-2)12-5-3-4-6-13(12)15/h3-6,8-9,16H,7H2,1-2H3/b11-9-. The highest BCUT2D eigenvalue weighted by Gasteiger charge is 2.14. The molecule has 0 unspecified atom stereocenters. The number of para-hydroxylation sites is 1. The number of nitrogens with zero attached hydrogens (tertiary/aromatic N) is 1. The lowest BCUT2D eigenvalue weighted by Gasteiger charge is -2.02. The molecule has 1 heterocycles. The number of aliphatic hydroxyl groups excluding tert-OH is 1. The van der Waals surface area contributed by atoms with Crippen LogP contribution >= 0.6 is 0 Å². The number of aryl methyl sites for hydroxylation is 1. The van der Waals surface area contributed by atoms with E-state index in [2.05, 4.69) is 4.74 Å². The summed E-state index contributed by atoms with van der Waals surface area (Å²) in [6, 6.07) is 7.93. The molecule has 1 aromatic carbocycles. The smallest absolute Gasteiger partial charge is 0.337 e. The fraction of sp³-hybridized carbons (Fsp3) is 0.214. The van der Waals surface area contributed by atoms with Crippen molar-refractivity contribution < 1.29 is 14.6 Å². The SMILES string of the molecule is COC(=O)/C(=C\O)Cc1cn(C)c2ccccc12. The molecule has 0 saturated heterocycles. The Morgan fingerprint density at radius 3 is 2.83 bits per heavy atom. The van der Waals surface area contributed by atoms with E-state index in [0.29, 0.717) is 6.42 Å². The third-order valence-corrected chi connectivity index (χ3v) is 2.96. The molecule has 0 fully saturated rings. The maximum atomic E-state index is 11.4. The van der Waals surface area contributed by atoms with Crippen LogP contribution in [-0.2, 0) is 23.0 Å². The van der Waals surface area contributed by atoms with Crippen molar-refractivity contribution in [3.63, 3.8) is 0 Å². The molecule has 0 atom stereocenters. The van der Waals surface area contributed by atoms with Crippen LogP contribution in [0.15, 0.2) is 42.3 Å². The molecular formula is C14H15NO3. The number of ether oxygens (including phenoxy) is 1. The summed E-state index contributed by atoms with van der Waals surface area (Å²) in [5.41, 5.74) is 2.32. The molecule has 2 aromatic rings. The van der Waals surface area contributed by atoms with Crippen molar-refractivity contribution in [1.29, 1.82) is 0 Å². The van der Waals surface area contributed by atoms with Gasteiger partial charge in [-0.05, 0) is 11.6 Å². The number of fused-ring (bicyclic) bond motifs is 1. The summed E-state index contributed by atoms with van der Waals surface area (Å²) in [6.07, 6.45) is 3.12. The van der Waals surface area contributed by atoms with E-state index in [1.165, 1.54) is 7.11 Å². The van der Waals surface area contributed by atoms with E-state index in [0.717, 1.165) is 22.7 Å². The zero-order valence-electron chi connectivity index (χ0n) is 10.4. The van der Waals surface area contributed by atoms with Gasteiger partial charge in [-0.15, -0.1) is 0 Å². The Morgan fingerprint density at radius 2 is 2.17 bits per heavy atom. The van der Waals surface area contributed by atoms with E-state index in [1.54, 1.807) is 0 Å². The molecule has 0 saturated carbocycles. The van der Waals surface area contributed by atoms with Crippen molar-refractivity contribution in [2.75, 3.05) is 7.11 Å². The highest BCUT2D eigenvalue weighted by Crippen LogP contribution is 2.22. The Kier molecular flexibility index (Phi) is 3.37. The molecule has 0 aliphatic heterocycles. The Hall–Kier alpha value is -2.23. The Morgan fingerprint density at radius 1 is 1.44 bits per heavy atom. The summed E-state index contributed by atoms with van der Waals surface area (Å²) in [4.78, 5) is 11.4. The van der Waals surface area contributed by atoms with Crippen molar-refractivity contribution in [1.82, 2.24) is 4.57 Å². The van der Waals surface area contributed by atoms with Crippen LogP contribution in [0.1, 0.15) is 5.56 Å². The Balaban J connectivity index is 2.41. The summed E-state index contributed by atoms with van der Waals surface area (Å²) < 4.78 is 6.62. The quantitative estimate of drug-likeness (QED) is 0.513. The van der Waals surface area contributed by atoms with Gasteiger partial charge in [-0.25, -0.2) is 4.79 Å². The molecule has 4 nitrogen and oxygen atoms in total. The molecular weight excluding hydrogens is 230 g/mol. The number of hydrogen-bond donors (Lipinski definition) is 1. The van der Waals surface area contributed by atoms with Crippen LogP contribution in [0.25, 0.3) is 10.9 Å². The van der Waals surface area contributed by atoms with Gasteiger partial charge in [-0.3, -0.25) is 0 Å². The van der Waals surface area contributed by atoms with Gasteiger partial charge in [0.15, 0.2) is 0 Å². The largest absolute Gasteiger partial charge is 0.515 e. The highest BCUT2D eigenvalue weighted by atomic mass is 16.5. The topological polar surface area (TPSA) is 51.5 Å². The summed E-state index contributed by atoms with van der Waals surface area (Å²) in [5.74, 6) is -0.509. The minimum absolute atomic E-state index is 0.244. The zero-order chi connectivity index (χ0) is 13.1. The Bertz CT molecular complexity index is 611. The molecule has 0 aliphatic rings. The lowest BCUT2D eigenvalue weighted by Crippen LogP contribution is -2.07. The first-order valence-electron chi connectivity index (χ1n) is 5.62. The fourth-order valence-corrected chi connectivity index (χ4v) is 2.07. The van der Waals surface area contributed by atoms with Crippen LogP contribution in [-0.4, -0.2) is 22.8 Å². The van der Waals surface area contributed by atoms with E-state index >= 15 is 0 Å². The number of hydrogen-bond acceptors (Lipinski definition) is 3. The second kappa shape index (κ2) is 4.96. The molecule has 1 aromatic heterocycles. The van der Waals surface area contributed by atoms with Gasteiger partial charge in [0.1, 0.15) is 0 Å². The number of aromatic nitrogens is 1. The molecule has 1 N–H and O–H groups in total. The zero-order valence-corrected chi connectivity index (χ0v) is 10.4. The van der Waals surface area contributed by atoms with E-state index in [9.17, 15) is 4.79 Å². The van der Waals surface area contributed by atoms with Gasteiger partial charge < -0.3 is 14.4 Å². The van der Waals surface area contributed by atoms with Crippen molar-refractivity contribution in [3.05, 3.63) is 47.9 Å². The van der Waals surface area contributed by atoms with Crippen molar-refractivity contribution in [2.45, 2.75) is 6.42 Å². The molecule has 0 amide bonds. The minimum Gasteiger partial charge on any atom is -0.515 e. The molecule has 0 radical (unpaired) electrons. The maximum absolute atomic E-state index is 11.4. The molecule has 18 heavy (non-hydrogen) atoms. The van der Waals surface area contributed by atoms with Crippen molar-refractivity contribution in [2.24, 2.45) is 7.05 Å². The first-order valence-corrected chi connectivity index (χ1v) is 5.62. The van der Waals surface area contributed by atoms with Gasteiger partial charge in [0.2, 0.25) is 0 Å². The monoisotopic (exact) mass is 245 g/mol. The molecule has 4 heteroatoms. The summed E-state index contributed by atoms with van der Waals surface area (Å²) in [6.45, 7) is 0. The van der Waals surface area contributed by atoms with Gasteiger partial charge in [-0.1, -0.05) is 18.2 Å². The number of aliphatic hydroxyl groups is 1. The summed E-state index contributed by atoms with van der Waals surface area (Å²) in [7, 11) is 3.25. The van der Waals surface area contributed by atoms with Gasteiger partial charge >= 0.3 is 5.97 Å². The molecule has 0 bridgehead atoms. The van der Waals surface area contributed by atoms with Crippen LogP contribution in [0.3, 0.4) is 0 Å². The average molecular weight is 245 g/mol. The first kappa shape index (κ1) is 12.2. The second-order valence-corrected chi connectivity index (χ2v) is 4.11. The number of carbonyl (C=O) groups is 1. The molecule has 0 spiro atoms. The van der Waals surface area contributed by atoms with E-state index in [1.807, 2.05) is 42.1 Å². The number of esters is 1. The number of benzene rings is 1. The van der Waals surface area contributed by atoms with E-state index in [-0.39, 0.29) is 5.57 Å². The van der Waals surface area contributed by atoms with Gasteiger partial charge in [0.25, 0.3) is 0 Å². The molecule has 94 valence electrons. The lowest BCUT2D eigenvalue weighted by atomic mass is 10.1. The normalized spacial score (nSPS) is 11.8. The number of carbonyl (C=O) groups excluding carboxylic acids is 1. The third-order valence-electron chi connectivity index (χ3n) is 2.96. The predicted octanol–water partition coefficient (Wildman–Crippen LogP) is 2.34. The highest BCUT2D eigenvalue weighted by molar-refractivity contribution is 5.91. The minimum atomic E-state index is -0.509. The second-order valence-electron chi connectivity index (χ2n) is 4.11. The number of methoxy groups -OCH3 is 1. The van der Waals surface area contributed by atoms with Crippen LogP contribution in [0, 0.1) is 0 Å².